The molecule has 438 valence electrons. The fourth-order valence-corrected chi connectivity index (χ4v) is 9.07. The maximum atomic E-state index is 12.8. The minimum atomic E-state index is -4.64. The van der Waals surface area contributed by atoms with Crippen molar-refractivity contribution in [3.8, 4) is 0 Å². The SMILES string of the molecule is CC/C=C\C/C=C\C/C=C\C/C=C\C/C=C\C/C=C\C/C=C\CCCCCCCCCCCCCCCCCCCC(=O)OC(COC(=O)CCCCCCC/C=C\CCCCCC)COP(=O)([O-])OCC[N+](C)(C)C. The van der Waals surface area contributed by atoms with Crippen molar-refractivity contribution in [1.29, 1.82) is 0 Å². The number of phosphoric ester groups is 1. The van der Waals surface area contributed by atoms with Crippen LogP contribution in [0.5, 0.6) is 0 Å². The Morgan fingerprint density at radius 1 is 0.421 bits per heavy atom. The molecule has 2 atom stereocenters. The zero-order chi connectivity index (χ0) is 55.6. The molecule has 0 spiro atoms. The van der Waals surface area contributed by atoms with E-state index in [1.807, 2.05) is 21.1 Å². The summed E-state index contributed by atoms with van der Waals surface area (Å²) in [6, 6.07) is 0. The number of hydrogen-bond donors (Lipinski definition) is 0. The number of ether oxygens (including phenoxy) is 2. The van der Waals surface area contributed by atoms with Gasteiger partial charge in [0.25, 0.3) is 7.82 Å². The van der Waals surface area contributed by atoms with E-state index in [0.717, 1.165) is 103 Å². The largest absolute Gasteiger partial charge is 0.756 e. The molecule has 2 unspecified atom stereocenters. The lowest BCUT2D eigenvalue weighted by Crippen LogP contribution is -2.37. The number of likely N-dealkylation sites (N-methyl/N-ethyl adjacent to an activating group) is 1. The molecule has 0 saturated heterocycles. The van der Waals surface area contributed by atoms with Gasteiger partial charge in [-0.25, -0.2) is 0 Å². The van der Waals surface area contributed by atoms with Crippen LogP contribution in [0.25, 0.3) is 0 Å². The third-order valence-corrected chi connectivity index (χ3v) is 14.1. The molecule has 0 aliphatic rings. The summed E-state index contributed by atoms with van der Waals surface area (Å²) in [5.41, 5.74) is 0. The second-order valence-electron chi connectivity index (χ2n) is 21.7. The number of phosphoric acid groups is 1. The Morgan fingerprint density at radius 2 is 0.750 bits per heavy atom. The van der Waals surface area contributed by atoms with Crippen LogP contribution in [0.2, 0.25) is 0 Å². The van der Waals surface area contributed by atoms with Crippen molar-refractivity contribution in [3.05, 3.63) is 97.2 Å². The van der Waals surface area contributed by atoms with E-state index in [1.165, 1.54) is 122 Å². The van der Waals surface area contributed by atoms with Gasteiger partial charge in [0, 0.05) is 12.8 Å². The van der Waals surface area contributed by atoms with Gasteiger partial charge in [0.1, 0.15) is 19.8 Å². The minimum absolute atomic E-state index is 0.0338. The smallest absolute Gasteiger partial charge is 0.306 e. The number of esters is 2. The van der Waals surface area contributed by atoms with Crippen LogP contribution < -0.4 is 4.89 Å². The van der Waals surface area contributed by atoms with Gasteiger partial charge in [-0.2, -0.15) is 0 Å². The van der Waals surface area contributed by atoms with Crippen LogP contribution >= 0.6 is 7.82 Å². The molecule has 0 aromatic heterocycles. The van der Waals surface area contributed by atoms with Crippen molar-refractivity contribution in [2.45, 2.75) is 264 Å². The average molecular weight is 1080 g/mol. The Hall–Kier alpha value is -3.07. The molecule has 0 aromatic carbocycles. The fourth-order valence-electron chi connectivity index (χ4n) is 8.34. The van der Waals surface area contributed by atoms with Crippen LogP contribution in [0.4, 0.5) is 0 Å². The highest BCUT2D eigenvalue weighted by Crippen LogP contribution is 2.38. The lowest BCUT2D eigenvalue weighted by atomic mass is 10.0. The molecule has 0 aromatic rings. The van der Waals surface area contributed by atoms with Crippen molar-refractivity contribution in [2.24, 2.45) is 0 Å². The summed E-state index contributed by atoms with van der Waals surface area (Å²) in [6.45, 7) is 4.10. The van der Waals surface area contributed by atoms with E-state index >= 15 is 0 Å². The van der Waals surface area contributed by atoms with Gasteiger partial charge in [0.15, 0.2) is 6.10 Å². The van der Waals surface area contributed by atoms with Gasteiger partial charge in [0.05, 0.1) is 27.7 Å². The number of hydrogen-bond acceptors (Lipinski definition) is 8. The van der Waals surface area contributed by atoms with Crippen molar-refractivity contribution in [2.75, 3.05) is 47.5 Å². The zero-order valence-corrected chi connectivity index (χ0v) is 50.6. The lowest BCUT2D eigenvalue weighted by Gasteiger charge is -2.28. The summed E-state index contributed by atoms with van der Waals surface area (Å²) in [6.07, 6.45) is 77.6. The first-order valence-corrected chi connectivity index (χ1v) is 32.4. The van der Waals surface area contributed by atoms with E-state index < -0.39 is 32.5 Å². The van der Waals surface area contributed by atoms with E-state index in [0.29, 0.717) is 17.4 Å². The second-order valence-corrected chi connectivity index (χ2v) is 23.1. The first-order chi connectivity index (χ1) is 37.0. The normalized spacial score (nSPS) is 13.9. The van der Waals surface area contributed by atoms with E-state index in [1.54, 1.807) is 0 Å². The predicted octanol–water partition coefficient (Wildman–Crippen LogP) is 19.0. The van der Waals surface area contributed by atoms with Crippen molar-refractivity contribution < 1.29 is 42.1 Å². The summed E-state index contributed by atoms with van der Waals surface area (Å²) >= 11 is 0. The first-order valence-electron chi connectivity index (χ1n) is 30.9. The molecule has 0 N–H and O–H groups in total. The number of nitrogens with zero attached hydrogens (tertiary/aromatic N) is 1. The van der Waals surface area contributed by atoms with E-state index in [4.69, 9.17) is 18.5 Å². The monoisotopic (exact) mass is 1080 g/mol. The molecule has 0 heterocycles. The number of rotatable bonds is 56. The molecule has 0 fully saturated rings. The van der Waals surface area contributed by atoms with Gasteiger partial charge in [-0.1, -0.05) is 246 Å². The molecule has 0 rings (SSSR count). The van der Waals surface area contributed by atoms with Crippen molar-refractivity contribution in [3.63, 3.8) is 0 Å². The molecule has 10 heteroatoms. The third kappa shape index (κ3) is 60.2. The number of allylic oxidation sites excluding steroid dienone is 16. The van der Waals surface area contributed by atoms with Crippen LogP contribution in [0.1, 0.15) is 258 Å². The van der Waals surface area contributed by atoms with Gasteiger partial charge < -0.3 is 27.9 Å². The molecule has 76 heavy (non-hydrogen) atoms. The Balaban J connectivity index is 3.98. The first kappa shape index (κ1) is 72.9. The Kier molecular flexibility index (Phi) is 54.4. The summed E-state index contributed by atoms with van der Waals surface area (Å²) in [5.74, 6) is -0.841. The molecule has 0 saturated carbocycles. The minimum Gasteiger partial charge on any atom is -0.756 e. The van der Waals surface area contributed by atoms with E-state index in [2.05, 4.69) is 111 Å². The number of carbonyl (C=O) groups is 2. The highest BCUT2D eigenvalue weighted by Gasteiger charge is 2.22. The van der Waals surface area contributed by atoms with Gasteiger partial charge in [-0.05, 0) is 96.3 Å². The third-order valence-electron chi connectivity index (χ3n) is 13.1. The molecular weight excluding hydrogens is 966 g/mol. The van der Waals surface area contributed by atoms with E-state index in [-0.39, 0.29) is 26.1 Å². The second kappa shape index (κ2) is 56.6. The van der Waals surface area contributed by atoms with Gasteiger partial charge in [-0.3, -0.25) is 14.2 Å². The van der Waals surface area contributed by atoms with Crippen LogP contribution in [-0.4, -0.2) is 70.0 Å². The lowest BCUT2D eigenvalue weighted by molar-refractivity contribution is -0.870. The predicted molar refractivity (Wildman–Crippen MR) is 323 cm³/mol. The van der Waals surface area contributed by atoms with Gasteiger partial charge in [0.2, 0.25) is 0 Å². The number of quaternary nitrogens is 1. The van der Waals surface area contributed by atoms with Gasteiger partial charge >= 0.3 is 11.9 Å². The molecule has 0 aliphatic heterocycles. The van der Waals surface area contributed by atoms with Crippen molar-refractivity contribution >= 4 is 19.8 Å². The van der Waals surface area contributed by atoms with Crippen LogP contribution in [0.3, 0.4) is 0 Å². The molecule has 9 nitrogen and oxygen atoms in total. The quantitative estimate of drug-likeness (QED) is 0.0195. The van der Waals surface area contributed by atoms with Crippen LogP contribution in [-0.2, 0) is 32.7 Å². The maximum Gasteiger partial charge on any atom is 0.306 e. The molecule has 0 amide bonds. The van der Waals surface area contributed by atoms with Crippen molar-refractivity contribution in [1.82, 2.24) is 0 Å². The standard InChI is InChI=1S/C66H116NO8P/c1-6-8-10-12-14-16-18-20-21-22-23-24-25-26-27-28-29-30-31-32-33-34-35-36-37-38-39-40-41-42-43-44-45-47-49-51-53-55-57-59-66(69)75-64(63-74-76(70,71)73-61-60-67(3,4)5)62-72-65(68)58-56-54-52-50-48-46-19-17-15-13-11-9-7-2/h8,10,14,16-17,19-21,23-24,26-27,29-30,32-33,64H,6-7,9,11-13,15,18,22,25,28,31,34-63H2,1-5H3/b10-8-,16-14-,19-17-,21-20-,24-23-,27-26-,30-29-,33-32-. The highest BCUT2D eigenvalue weighted by atomic mass is 31.2. The van der Waals surface area contributed by atoms with Gasteiger partial charge in [-0.15, -0.1) is 0 Å². The summed E-state index contributed by atoms with van der Waals surface area (Å²) in [4.78, 5) is 37.8. The van der Waals surface area contributed by atoms with Crippen LogP contribution in [0, 0.1) is 0 Å². The summed E-state index contributed by atoms with van der Waals surface area (Å²) < 4.78 is 34.1. The molecule has 0 bridgehead atoms. The molecular formula is C66H116NO8P. The number of unbranched alkanes of at least 4 members (excludes halogenated alkanes) is 26. The van der Waals surface area contributed by atoms with Crippen LogP contribution in [0.15, 0.2) is 97.2 Å². The topological polar surface area (TPSA) is 111 Å². The number of carbonyl (C=O) groups excluding carboxylic acids is 2. The highest BCUT2D eigenvalue weighted by molar-refractivity contribution is 7.45. The molecule has 0 aliphatic carbocycles. The fraction of sp³-hybridized carbons (Fsp3) is 0.727. The maximum absolute atomic E-state index is 12.8. The Morgan fingerprint density at radius 3 is 1.13 bits per heavy atom. The zero-order valence-electron chi connectivity index (χ0n) is 49.7. The average Bonchev–Trinajstić information content (AvgIpc) is 3.38. The molecule has 0 radical (unpaired) electrons. The summed E-state index contributed by atoms with van der Waals surface area (Å²) in [7, 11) is 1.16. The summed E-state index contributed by atoms with van der Waals surface area (Å²) in [5, 5.41) is 0. The Bertz CT molecular complexity index is 1600. The Labute approximate surface area is 468 Å². The van der Waals surface area contributed by atoms with E-state index in [9.17, 15) is 19.0 Å².